The van der Waals surface area contributed by atoms with Gasteiger partial charge in [0.15, 0.2) is 10.8 Å². The van der Waals surface area contributed by atoms with E-state index in [-0.39, 0.29) is 33.6 Å². The normalized spacial score (nSPS) is 19.7. The molecule has 2 aliphatic rings. The molecule has 36 heavy (non-hydrogen) atoms. The number of carboxylic acids is 1. The molecule has 16 heteroatoms. The van der Waals surface area contributed by atoms with E-state index >= 15 is 0 Å². The molecule has 0 radical (unpaired) electrons. The molecule has 3 rings (SSSR count). The van der Waals surface area contributed by atoms with Gasteiger partial charge in [-0.25, -0.2) is 14.6 Å². The van der Waals surface area contributed by atoms with Crippen LogP contribution in [-0.4, -0.2) is 92.0 Å². The molecule has 3 amide bonds. The van der Waals surface area contributed by atoms with Gasteiger partial charge in [0.25, 0.3) is 11.8 Å². The van der Waals surface area contributed by atoms with Crippen molar-refractivity contribution >= 4 is 64.1 Å². The molecular weight excluding hydrogens is 518 g/mol. The Balaban J connectivity index is 1.78. The van der Waals surface area contributed by atoms with Crippen LogP contribution in [0.1, 0.15) is 26.5 Å². The number of carboxylic acid groups (broad SMARTS) is 1. The topological polar surface area (TPSA) is 197 Å². The van der Waals surface area contributed by atoms with Crippen LogP contribution in [0.25, 0.3) is 0 Å². The van der Waals surface area contributed by atoms with E-state index in [0.717, 1.165) is 16.2 Å². The number of aliphatic hydroxyl groups is 1. The molecule has 0 aromatic carbocycles. The Kier molecular flexibility index (Phi) is 8.31. The fourth-order valence-electron chi connectivity index (χ4n) is 3.24. The minimum atomic E-state index is -1.36. The zero-order valence-corrected chi connectivity index (χ0v) is 21.0. The van der Waals surface area contributed by atoms with E-state index in [1.165, 1.54) is 17.1 Å². The van der Waals surface area contributed by atoms with Crippen LogP contribution in [0.5, 0.6) is 0 Å². The van der Waals surface area contributed by atoms with Crippen LogP contribution >= 0.6 is 23.1 Å². The first kappa shape index (κ1) is 27.1. The summed E-state index contributed by atoms with van der Waals surface area (Å²) in [6, 6.07) is -1.08. The molecule has 0 spiro atoms. The molecule has 194 valence electrons. The highest BCUT2D eigenvalue weighted by atomic mass is 32.2. The number of carbonyl (C=O) groups excluding carboxylic acids is 4. The second kappa shape index (κ2) is 11.0. The molecule has 0 saturated carbocycles. The van der Waals surface area contributed by atoms with Crippen LogP contribution in [0.3, 0.4) is 0 Å². The van der Waals surface area contributed by atoms with Gasteiger partial charge in [0.2, 0.25) is 13.0 Å². The molecule has 1 saturated heterocycles. The Morgan fingerprint density at radius 2 is 2.08 bits per heavy atom. The molecule has 3 heterocycles. The van der Waals surface area contributed by atoms with Gasteiger partial charge >= 0.3 is 11.9 Å². The second-order valence-electron chi connectivity index (χ2n) is 8.38. The van der Waals surface area contributed by atoms with E-state index in [1.54, 1.807) is 20.8 Å². The van der Waals surface area contributed by atoms with Crippen molar-refractivity contribution < 1.29 is 43.8 Å². The Morgan fingerprint density at radius 1 is 1.36 bits per heavy atom. The fraction of sp³-hybridized carbons (Fsp3) is 0.450. The molecular formula is C20H23N5O9S2. The maximum Gasteiger partial charge on any atom is 0.352 e. The molecule has 1 fully saturated rings. The van der Waals surface area contributed by atoms with Crippen LogP contribution in [0.4, 0.5) is 5.13 Å². The Morgan fingerprint density at radius 3 is 2.69 bits per heavy atom. The summed E-state index contributed by atoms with van der Waals surface area (Å²) in [5.74, 6) is -3.50. The van der Waals surface area contributed by atoms with Crippen molar-refractivity contribution in [1.82, 2.24) is 15.2 Å². The summed E-state index contributed by atoms with van der Waals surface area (Å²) < 4.78 is 5.11. The van der Waals surface area contributed by atoms with Crippen molar-refractivity contribution in [3.8, 4) is 0 Å². The Bertz CT molecular complexity index is 1140. The van der Waals surface area contributed by atoms with Crippen molar-refractivity contribution in [2.75, 3.05) is 24.3 Å². The van der Waals surface area contributed by atoms with Crippen LogP contribution in [-0.2, 0) is 33.5 Å². The summed E-state index contributed by atoms with van der Waals surface area (Å²) >= 11 is 2.18. The number of thiazole rings is 1. The van der Waals surface area contributed by atoms with Crippen molar-refractivity contribution in [2.45, 2.75) is 37.8 Å². The standard InChI is InChI=1S/C20H23N5O9S2/c1-20(2,3)34-11(28)5-33-24-12(10-7-36-19(22-10)21-8-27)15(29)23-13-16(30)25-14(18(31)32)9(4-26)6-35-17(13)25/h7-8,13,17,26H,4-6H2,1-3H3,(H,23,29)(H,31,32)(H,21,22,27)/t13?,17-/m0/s1. The minimum Gasteiger partial charge on any atom is -0.477 e. The van der Waals surface area contributed by atoms with Crippen molar-refractivity contribution in [2.24, 2.45) is 5.16 Å². The summed E-state index contributed by atoms with van der Waals surface area (Å²) in [7, 11) is 0. The number of esters is 1. The van der Waals surface area contributed by atoms with E-state index in [4.69, 9.17) is 9.57 Å². The minimum absolute atomic E-state index is 0.000322. The van der Waals surface area contributed by atoms with Gasteiger partial charge in [-0.1, -0.05) is 5.16 Å². The number of aliphatic hydroxyl groups excluding tert-OH is 1. The van der Waals surface area contributed by atoms with Crippen LogP contribution in [0, 0.1) is 0 Å². The van der Waals surface area contributed by atoms with Crippen LogP contribution < -0.4 is 10.6 Å². The highest BCUT2D eigenvalue weighted by Gasteiger charge is 2.54. The van der Waals surface area contributed by atoms with Crippen LogP contribution in [0.15, 0.2) is 21.8 Å². The Labute approximate surface area is 212 Å². The van der Waals surface area contributed by atoms with Crippen molar-refractivity contribution in [1.29, 1.82) is 0 Å². The lowest BCUT2D eigenvalue weighted by Crippen LogP contribution is -2.71. The lowest BCUT2D eigenvalue weighted by Gasteiger charge is -2.49. The molecule has 1 aromatic heterocycles. The van der Waals surface area contributed by atoms with Gasteiger partial charge in [0.05, 0.1) is 6.61 Å². The number of ether oxygens (including phenoxy) is 1. The number of β-lactam (4-membered cyclic amide) rings is 1. The van der Waals surface area contributed by atoms with Gasteiger partial charge in [-0.05, 0) is 26.3 Å². The number of oxime groups is 1. The van der Waals surface area contributed by atoms with Gasteiger partial charge in [-0.15, -0.1) is 23.1 Å². The first-order chi connectivity index (χ1) is 17.0. The lowest BCUT2D eigenvalue weighted by atomic mass is 10.0. The number of carbonyl (C=O) groups is 5. The van der Waals surface area contributed by atoms with Gasteiger partial charge in [-0.2, -0.15) is 0 Å². The molecule has 1 aromatic rings. The summed E-state index contributed by atoms with van der Waals surface area (Å²) in [6.45, 7) is 3.87. The number of anilines is 1. The van der Waals surface area contributed by atoms with E-state index in [0.29, 0.717) is 6.41 Å². The number of rotatable bonds is 10. The fourth-order valence-corrected chi connectivity index (χ4v) is 5.23. The largest absolute Gasteiger partial charge is 0.477 e. The van der Waals surface area contributed by atoms with E-state index in [1.807, 2.05) is 0 Å². The van der Waals surface area contributed by atoms with Gasteiger partial charge in [-0.3, -0.25) is 19.3 Å². The maximum atomic E-state index is 13.1. The molecule has 0 bridgehead atoms. The predicted molar refractivity (Wildman–Crippen MR) is 127 cm³/mol. The van der Waals surface area contributed by atoms with Gasteiger partial charge in [0, 0.05) is 11.1 Å². The number of fused-ring (bicyclic) bond motifs is 1. The molecule has 0 aliphatic carbocycles. The first-order valence-corrected chi connectivity index (χ1v) is 12.3. The SMILES string of the molecule is CC(C)(C)OC(=O)CON=C(C(=O)NC1C(=O)N2C(C(=O)O)=C(CO)CS[C@@H]12)c1csc(NC=O)n1. The lowest BCUT2D eigenvalue weighted by molar-refractivity contribution is -0.160. The number of hydrogen-bond acceptors (Lipinski definition) is 12. The summed E-state index contributed by atoms with van der Waals surface area (Å²) in [6.07, 6.45) is 0.397. The molecule has 14 nitrogen and oxygen atoms in total. The first-order valence-electron chi connectivity index (χ1n) is 10.4. The number of thioether (sulfide) groups is 1. The molecule has 2 atom stereocenters. The summed E-state index contributed by atoms with van der Waals surface area (Å²) in [5.41, 5.74) is -1.26. The molecule has 4 N–H and O–H groups in total. The highest BCUT2D eigenvalue weighted by Crippen LogP contribution is 2.40. The second-order valence-corrected chi connectivity index (χ2v) is 10.3. The third-order valence-corrected chi connectivity index (χ3v) is 6.74. The molecule has 1 unspecified atom stereocenters. The monoisotopic (exact) mass is 541 g/mol. The summed E-state index contributed by atoms with van der Waals surface area (Å²) in [4.78, 5) is 70.1. The number of hydrogen-bond donors (Lipinski definition) is 4. The average Bonchev–Trinajstić information content (AvgIpc) is 3.26. The predicted octanol–water partition coefficient (Wildman–Crippen LogP) is -0.495. The third kappa shape index (κ3) is 6.00. The number of aromatic nitrogens is 1. The van der Waals surface area contributed by atoms with E-state index in [2.05, 4.69) is 20.8 Å². The Hall–Kier alpha value is -3.50. The third-order valence-electron chi connectivity index (χ3n) is 4.63. The summed E-state index contributed by atoms with van der Waals surface area (Å²) in [5, 5.41) is 28.3. The molecule has 2 aliphatic heterocycles. The number of nitrogens with zero attached hydrogens (tertiary/aromatic N) is 3. The van der Waals surface area contributed by atoms with Gasteiger partial charge in [0.1, 0.15) is 28.4 Å². The van der Waals surface area contributed by atoms with Crippen molar-refractivity contribution in [3.05, 3.63) is 22.3 Å². The van der Waals surface area contributed by atoms with Crippen molar-refractivity contribution in [3.63, 3.8) is 0 Å². The average molecular weight is 542 g/mol. The number of aliphatic carboxylic acids is 1. The smallest absolute Gasteiger partial charge is 0.352 e. The number of amides is 3. The maximum absolute atomic E-state index is 13.1. The highest BCUT2D eigenvalue weighted by molar-refractivity contribution is 8.00. The van der Waals surface area contributed by atoms with Crippen LogP contribution in [0.2, 0.25) is 0 Å². The van der Waals surface area contributed by atoms with E-state index in [9.17, 15) is 34.2 Å². The quantitative estimate of drug-likeness (QED) is 0.0980. The van der Waals surface area contributed by atoms with Gasteiger partial charge < -0.3 is 30.4 Å². The van der Waals surface area contributed by atoms with E-state index < -0.39 is 54.0 Å². The number of nitrogens with one attached hydrogen (secondary N) is 2. The zero-order chi connectivity index (χ0) is 26.6. The zero-order valence-electron chi connectivity index (χ0n) is 19.3.